The van der Waals surface area contributed by atoms with Gasteiger partial charge in [0.15, 0.2) is 11.6 Å². The van der Waals surface area contributed by atoms with Crippen molar-refractivity contribution in [2.75, 3.05) is 6.61 Å². The largest absolute Gasteiger partial charge is 0.494 e. The molecule has 312 valence electrons. The molecule has 5 nitrogen and oxygen atoms in total. The van der Waals surface area contributed by atoms with E-state index in [4.69, 9.17) is 9.47 Å². The highest BCUT2D eigenvalue weighted by molar-refractivity contribution is 6.77. The molecule has 1 heterocycles. The lowest BCUT2D eigenvalue weighted by Gasteiger charge is -2.40. The maximum absolute atomic E-state index is 14.3. The summed E-state index contributed by atoms with van der Waals surface area (Å²) in [5.41, 5.74) is 0.622. The van der Waals surface area contributed by atoms with E-state index in [2.05, 4.69) is 16.9 Å². The van der Waals surface area contributed by atoms with Crippen LogP contribution in [0.5, 0.6) is 11.5 Å². The Labute approximate surface area is 311 Å². The van der Waals surface area contributed by atoms with Gasteiger partial charge < -0.3 is 9.47 Å². The molecule has 0 unspecified atom stereocenters. The number of ether oxygens (including phenoxy) is 2. The number of nitrogens with zero attached hydrogens (tertiary/aromatic N) is 2. The molecular weight excluding hydrogens is 783 g/mol. The van der Waals surface area contributed by atoms with E-state index < -0.39 is 56.3 Å². The quantitative estimate of drug-likeness (QED) is 0.0576. The van der Waals surface area contributed by atoms with Crippen LogP contribution in [-0.2, 0) is 4.79 Å². The fourth-order valence-electron chi connectivity index (χ4n) is 6.26. The number of aromatic nitrogens is 2. The van der Waals surface area contributed by atoms with E-state index >= 15 is 0 Å². The number of hydrogen-bond acceptors (Lipinski definition) is 5. The molecule has 0 spiro atoms. The van der Waals surface area contributed by atoms with Crippen LogP contribution in [0.3, 0.4) is 0 Å². The van der Waals surface area contributed by atoms with E-state index in [1.54, 1.807) is 24.3 Å². The van der Waals surface area contributed by atoms with Gasteiger partial charge in [-0.05, 0) is 62.3 Å². The minimum atomic E-state index is -7.89. The first-order valence-electron chi connectivity index (χ1n) is 18.0. The number of benzene rings is 1. The van der Waals surface area contributed by atoms with Crippen molar-refractivity contribution < 1.29 is 71.3 Å². The summed E-state index contributed by atoms with van der Waals surface area (Å²) in [6, 6.07) is 5.88. The third kappa shape index (κ3) is 11.1. The summed E-state index contributed by atoms with van der Waals surface area (Å²) in [4.78, 5) is 21.2. The van der Waals surface area contributed by atoms with Gasteiger partial charge in [-0.15, -0.1) is 0 Å². The number of halogens is 13. The average molecular weight is 829 g/mol. The Bertz CT molecular complexity index is 1510. The third-order valence-corrected chi connectivity index (χ3v) is 13.3. The van der Waals surface area contributed by atoms with Gasteiger partial charge >= 0.3 is 41.8 Å². The zero-order valence-corrected chi connectivity index (χ0v) is 31.6. The summed E-state index contributed by atoms with van der Waals surface area (Å²) in [6.07, 6.45) is 2.27. The van der Waals surface area contributed by atoms with Crippen LogP contribution < -0.4 is 9.47 Å². The highest BCUT2D eigenvalue weighted by atomic mass is 28.3. The molecule has 1 aliphatic carbocycles. The Morgan fingerprint density at radius 2 is 1.27 bits per heavy atom. The molecule has 3 rings (SSSR count). The fourth-order valence-corrected chi connectivity index (χ4v) is 8.71. The Kier molecular flexibility index (Phi) is 15.1. The molecule has 1 aromatic carbocycles. The number of hydrogen-bond donors (Lipinski definition) is 0. The predicted molar refractivity (Wildman–Crippen MR) is 180 cm³/mol. The van der Waals surface area contributed by atoms with Crippen molar-refractivity contribution in [3.05, 3.63) is 36.7 Å². The van der Waals surface area contributed by atoms with E-state index in [1.165, 1.54) is 51.2 Å². The van der Waals surface area contributed by atoms with E-state index in [-0.39, 0.29) is 36.7 Å². The predicted octanol–water partition coefficient (Wildman–Crippen LogP) is 12.4. The SMILES string of the molecule is CCCCCC1CCC(C(=O)Oc2cnc(-c3ccc(OCCCC[Si](C)(C)CCC(F)(F)C(F)(F)C(F)(F)C(F)(F)C(F)(F)C(F)(F)F)cc3)nc2)CC1. The standard InChI is InChI=1S/C36H45F13N2O3Si/c1-4-5-6-9-24-10-12-26(13-11-24)30(52)54-28-22-50-29(51-23-28)25-14-16-27(17-15-25)53-19-7-8-20-55(2,3)21-18-31(37,38)32(39,40)33(41,42)34(43,44)35(45,46)36(47,48)49/h14-17,22-24,26H,4-13,18-21H2,1-3H3. The lowest BCUT2D eigenvalue weighted by molar-refractivity contribution is -0.439. The molecule has 2 aromatic rings. The van der Waals surface area contributed by atoms with Gasteiger partial charge in [0.25, 0.3) is 0 Å². The van der Waals surface area contributed by atoms with Crippen LogP contribution in [-0.4, -0.2) is 66.4 Å². The van der Waals surface area contributed by atoms with Crippen molar-refractivity contribution in [1.82, 2.24) is 9.97 Å². The Hall–Kier alpha value is -3.12. The molecule has 0 radical (unpaired) electrons. The summed E-state index contributed by atoms with van der Waals surface area (Å²) >= 11 is 0. The van der Waals surface area contributed by atoms with Crippen LogP contribution in [0.25, 0.3) is 11.4 Å². The van der Waals surface area contributed by atoms with Crippen molar-refractivity contribution in [2.24, 2.45) is 11.8 Å². The number of carbonyl (C=O) groups excluding carboxylic acids is 1. The van der Waals surface area contributed by atoms with Gasteiger partial charge in [0.05, 0.1) is 24.9 Å². The zero-order chi connectivity index (χ0) is 41.5. The van der Waals surface area contributed by atoms with Crippen molar-refractivity contribution in [2.45, 2.75) is 139 Å². The van der Waals surface area contributed by atoms with Crippen molar-refractivity contribution in [3.63, 3.8) is 0 Å². The van der Waals surface area contributed by atoms with Gasteiger partial charge in [0.2, 0.25) is 0 Å². The van der Waals surface area contributed by atoms with Crippen LogP contribution in [0, 0.1) is 11.8 Å². The van der Waals surface area contributed by atoms with E-state index in [9.17, 15) is 61.9 Å². The minimum Gasteiger partial charge on any atom is -0.494 e. The molecule has 19 heteroatoms. The normalized spacial score (nSPS) is 18.0. The molecule has 0 amide bonds. The first-order valence-corrected chi connectivity index (χ1v) is 21.4. The summed E-state index contributed by atoms with van der Waals surface area (Å²) in [5, 5.41) is 0. The molecule has 0 aliphatic heterocycles. The second-order valence-corrected chi connectivity index (χ2v) is 20.2. The summed E-state index contributed by atoms with van der Waals surface area (Å²) in [6.45, 7) is 5.10. The fraction of sp³-hybridized carbons (Fsp3) is 0.694. The van der Waals surface area contributed by atoms with Gasteiger partial charge in [-0.3, -0.25) is 4.79 Å². The second-order valence-electron chi connectivity index (χ2n) is 14.9. The molecule has 0 bridgehead atoms. The van der Waals surface area contributed by atoms with Gasteiger partial charge in [0, 0.05) is 20.1 Å². The number of rotatable bonds is 20. The molecule has 1 saturated carbocycles. The van der Waals surface area contributed by atoms with Crippen molar-refractivity contribution in [1.29, 1.82) is 0 Å². The van der Waals surface area contributed by atoms with Crippen LogP contribution in [0.2, 0.25) is 25.2 Å². The summed E-state index contributed by atoms with van der Waals surface area (Å²) in [5.74, 6) is -35.4. The van der Waals surface area contributed by atoms with E-state index in [1.807, 2.05) is 0 Å². The molecule has 1 aliphatic rings. The third-order valence-electron chi connectivity index (χ3n) is 9.99. The number of esters is 1. The van der Waals surface area contributed by atoms with Crippen LogP contribution in [0.4, 0.5) is 57.1 Å². The maximum Gasteiger partial charge on any atom is 0.460 e. The zero-order valence-electron chi connectivity index (χ0n) is 30.6. The van der Waals surface area contributed by atoms with Gasteiger partial charge in [0.1, 0.15) is 5.75 Å². The van der Waals surface area contributed by atoms with Gasteiger partial charge in [-0.1, -0.05) is 64.2 Å². The Balaban J connectivity index is 1.43. The van der Waals surface area contributed by atoms with Crippen LogP contribution in [0.1, 0.15) is 77.6 Å². The van der Waals surface area contributed by atoms with Gasteiger partial charge in [-0.25, -0.2) is 9.97 Å². The molecular formula is C36H45F13N2O3Si. The highest BCUT2D eigenvalue weighted by Crippen LogP contribution is 2.61. The Morgan fingerprint density at radius 1 is 0.709 bits per heavy atom. The maximum atomic E-state index is 14.3. The van der Waals surface area contributed by atoms with Crippen molar-refractivity contribution in [3.8, 4) is 22.9 Å². The monoisotopic (exact) mass is 828 g/mol. The molecule has 55 heavy (non-hydrogen) atoms. The number of alkyl halides is 13. The first kappa shape index (κ1) is 46.3. The summed E-state index contributed by atoms with van der Waals surface area (Å²) in [7, 11) is -2.94. The summed E-state index contributed by atoms with van der Waals surface area (Å²) < 4.78 is 186. The van der Waals surface area contributed by atoms with E-state index in [0.29, 0.717) is 29.5 Å². The number of carbonyl (C=O) groups is 1. The van der Waals surface area contributed by atoms with Gasteiger partial charge in [-0.2, -0.15) is 57.1 Å². The molecule has 0 atom stereocenters. The average Bonchev–Trinajstić information content (AvgIpc) is 3.11. The van der Waals surface area contributed by atoms with E-state index in [0.717, 1.165) is 25.7 Å². The topological polar surface area (TPSA) is 61.3 Å². The second kappa shape index (κ2) is 18.0. The molecule has 1 aromatic heterocycles. The lowest BCUT2D eigenvalue weighted by atomic mass is 9.80. The number of unbranched alkanes of at least 4 members (excludes halogenated alkanes) is 3. The highest BCUT2D eigenvalue weighted by Gasteiger charge is 2.90. The van der Waals surface area contributed by atoms with Crippen LogP contribution >= 0.6 is 0 Å². The smallest absolute Gasteiger partial charge is 0.460 e. The van der Waals surface area contributed by atoms with Crippen molar-refractivity contribution >= 4 is 14.0 Å². The lowest BCUT2D eigenvalue weighted by Crippen LogP contribution is -2.70. The molecule has 0 N–H and O–H groups in total. The first-order chi connectivity index (χ1) is 25.3. The Morgan fingerprint density at radius 3 is 1.82 bits per heavy atom. The van der Waals surface area contributed by atoms with Crippen LogP contribution in [0.15, 0.2) is 36.7 Å². The molecule has 1 fully saturated rings. The molecule has 0 saturated heterocycles. The minimum absolute atomic E-state index is 0.115.